The molecule has 21 heavy (non-hydrogen) atoms. The Kier molecular flexibility index (Phi) is 4.94. The molecule has 1 aliphatic heterocycles. The van der Waals surface area contributed by atoms with Crippen LogP contribution in [0.25, 0.3) is 0 Å². The van der Waals surface area contributed by atoms with Gasteiger partial charge in [-0.25, -0.2) is 10.2 Å². The predicted octanol–water partition coefficient (Wildman–Crippen LogP) is 0.585. The van der Waals surface area contributed by atoms with Crippen LogP contribution in [0.5, 0.6) is 0 Å². The summed E-state index contributed by atoms with van der Waals surface area (Å²) in [5, 5.41) is 0.101. The van der Waals surface area contributed by atoms with Crippen LogP contribution in [0.15, 0.2) is 30.3 Å². The van der Waals surface area contributed by atoms with Gasteiger partial charge in [-0.3, -0.25) is 10.3 Å². The number of benzene rings is 1. The first kappa shape index (κ1) is 15.5. The summed E-state index contributed by atoms with van der Waals surface area (Å²) in [6, 6.07) is 9.21. The summed E-state index contributed by atoms with van der Waals surface area (Å²) in [6.45, 7) is 2.35. The maximum absolute atomic E-state index is 12.5. The summed E-state index contributed by atoms with van der Waals surface area (Å²) in [5.41, 5.74) is 11.8. The van der Waals surface area contributed by atoms with Crippen LogP contribution in [0.2, 0.25) is 0 Å². The van der Waals surface area contributed by atoms with Crippen LogP contribution >= 0.6 is 12.2 Å². The minimum absolute atomic E-state index is 0.101. The molecule has 0 saturated carbocycles. The Morgan fingerprint density at radius 3 is 2.67 bits per heavy atom. The van der Waals surface area contributed by atoms with E-state index < -0.39 is 12.4 Å². The number of hydrogen-bond donors (Lipinski definition) is 3. The van der Waals surface area contributed by atoms with Crippen molar-refractivity contribution in [3.05, 3.63) is 30.3 Å². The molecule has 2 rings (SSSR count). The second kappa shape index (κ2) is 6.70. The minimum atomic E-state index is -0.489. The van der Waals surface area contributed by atoms with Gasteiger partial charge in [0.2, 0.25) is 0 Å². The number of urea groups is 1. The lowest BCUT2D eigenvalue weighted by Crippen LogP contribution is -2.56. The molecule has 114 valence electrons. The number of ether oxygens (including phenoxy) is 1. The van der Waals surface area contributed by atoms with Crippen molar-refractivity contribution in [3.8, 4) is 0 Å². The molecule has 2 amide bonds. The van der Waals surface area contributed by atoms with E-state index in [2.05, 4.69) is 10.9 Å². The van der Waals surface area contributed by atoms with Gasteiger partial charge in [-0.2, -0.15) is 0 Å². The number of anilines is 1. The molecule has 1 fully saturated rings. The summed E-state index contributed by atoms with van der Waals surface area (Å²) in [6.07, 6.45) is -0.907. The number of nitrogens with two attached hydrogens (primary N) is 1. The minimum Gasteiger partial charge on any atom is -0.375 e. The predicted molar refractivity (Wildman–Crippen MR) is 84.3 cm³/mol. The monoisotopic (exact) mass is 309 g/mol. The number of hydrazine groups is 1. The number of rotatable bonds is 5. The van der Waals surface area contributed by atoms with Crippen molar-refractivity contribution < 1.29 is 9.53 Å². The highest BCUT2D eigenvalue weighted by Gasteiger charge is 2.45. The molecule has 2 unspecified atom stereocenters. The zero-order chi connectivity index (χ0) is 15.4. The van der Waals surface area contributed by atoms with Crippen LogP contribution in [0.3, 0.4) is 0 Å². The quantitative estimate of drug-likeness (QED) is 0.545. The zero-order valence-electron chi connectivity index (χ0n) is 11.9. The number of nitrogens with zero attached hydrogens (tertiary/aromatic N) is 2. The van der Waals surface area contributed by atoms with Crippen LogP contribution in [0.4, 0.5) is 10.5 Å². The van der Waals surface area contributed by atoms with Gasteiger partial charge in [0.15, 0.2) is 11.3 Å². The Morgan fingerprint density at radius 1 is 1.43 bits per heavy atom. The van der Waals surface area contributed by atoms with E-state index in [1.165, 1.54) is 0 Å². The van der Waals surface area contributed by atoms with E-state index in [-0.39, 0.29) is 11.1 Å². The van der Waals surface area contributed by atoms with Crippen LogP contribution in [0.1, 0.15) is 6.92 Å². The van der Waals surface area contributed by atoms with E-state index in [0.29, 0.717) is 6.61 Å². The molecule has 1 aromatic rings. The van der Waals surface area contributed by atoms with Gasteiger partial charge < -0.3 is 15.4 Å². The van der Waals surface area contributed by atoms with Crippen molar-refractivity contribution in [1.82, 2.24) is 15.8 Å². The standard InChI is InChI=1S/C13H19N5O2S/c1-3-20-11-10(15-16-12(14)21)17(2)13(19)18(11)9-7-5-4-6-8-9/h4-8,10-11,15H,3H2,1-2H3,(H3,14,16,21). The largest absolute Gasteiger partial charge is 0.375 e. The van der Waals surface area contributed by atoms with Gasteiger partial charge in [0, 0.05) is 19.3 Å². The molecule has 4 N–H and O–H groups in total. The van der Waals surface area contributed by atoms with Crippen LogP contribution < -0.4 is 21.5 Å². The molecular weight excluding hydrogens is 290 g/mol. The number of nitrogens with one attached hydrogen (secondary N) is 2. The number of carbonyl (C=O) groups is 1. The Labute approximate surface area is 129 Å². The topological polar surface area (TPSA) is 82.9 Å². The number of amides is 2. The lowest BCUT2D eigenvalue weighted by molar-refractivity contribution is 0.0265. The average molecular weight is 309 g/mol. The van der Waals surface area contributed by atoms with Crippen molar-refractivity contribution in [2.45, 2.75) is 19.3 Å². The number of carbonyl (C=O) groups excluding carboxylic acids is 1. The average Bonchev–Trinajstić information content (AvgIpc) is 2.70. The SMILES string of the molecule is CCOC1C(NNC(N)=S)N(C)C(=O)N1c1ccccc1. The number of hydrogen-bond acceptors (Lipinski definition) is 4. The molecular formula is C13H19N5O2S. The van der Waals surface area contributed by atoms with E-state index in [1.54, 1.807) is 16.8 Å². The molecule has 1 aliphatic rings. The third-order valence-electron chi connectivity index (χ3n) is 3.16. The van der Waals surface area contributed by atoms with Gasteiger partial charge in [0.25, 0.3) is 0 Å². The molecule has 1 saturated heterocycles. The highest BCUT2D eigenvalue weighted by molar-refractivity contribution is 7.80. The Balaban J connectivity index is 2.27. The third kappa shape index (κ3) is 3.23. The van der Waals surface area contributed by atoms with Crippen molar-refractivity contribution in [1.29, 1.82) is 0 Å². The van der Waals surface area contributed by atoms with Crippen LogP contribution in [-0.2, 0) is 4.74 Å². The first-order chi connectivity index (χ1) is 10.1. The van der Waals surface area contributed by atoms with Crippen LogP contribution in [0, 0.1) is 0 Å². The number of para-hydroxylation sites is 1. The van der Waals surface area contributed by atoms with Crippen molar-refractivity contribution >= 4 is 29.0 Å². The molecule has 0 aliphatic carbocycles. The van der Waals surface area contributed by atoms with Gasteiger partial charge >= 0.3 is 6.03 Å². The van der Waals surface area contributed by atoms with E-state index >= 15 is 0 Å². The summed E-state index contributed by atoms with van der Waals surface area (Å²) in [4.78, 5) is 15.6. The van der Waals surface area contributed by atoms with Crippen molar-refractivity contribution in [2.75, 3.05) is 18.6 Å². The molecule has 1 heterocycles. The summed E-state index contributed by atoms with van der Waals surface area (Å²) in [5.74, 6) is 0. The van der Waals surface area contributed by atoms with Crippen LogP contribution in [-0.4, -0.2) is 42.1 Å². The van der Waals surface area contributed by atoms with E-state index in [0.717, 1.165) is 5.69 Å². The van der Waals surface area contributed by atoms with E-state index in [1.807, 2.05) is 37.3 Å². The van der Waals surface area contributed by atoms with Gasteiger partial charge in [-0.05, 0) is 31.3 Å². The highest BCUT2D eigenvalue weighted by atomic mass is 32.1. The second-order valence-corrected chi connectivity index (χ2v) is 4.96. The fourth-order valence-corrected chi connectivity index (χ4v) is 2.28. The normalized spacial score (nSPS) is 21.7. The zero-order valence-corrected chi connectivity index (χ0v) is 12.8. The Bertz CT molecular complexity index is 513. The molecule has 2 atom stereocenters. The second-order valence-electron chi connectivity index (χ2n) is 4.52. The summed E-state index contributed by atoms with van der Waals surface area (Å²) >= 11 is 4.77. The number of thiocarbonyl (C=S) groups is 1. The fraction of sp³-hybridized carbons (Fsp3) is 0.385. The molecule has 0 radical (unpaired) electrons. The Hall–Kier alpha value is -1.90. The Morgan fingerprint density at radius 2 is 2.10 bits per heavy atom. The summed E-state index contributed by atoms with van der Waals surface area (Å²) < 4.78 is 5.73. The maximum atomic E-state index is 12.5. The van der Waals surface area contributed by atoms with Gasteiger partial charge in [-0.15, -0.1) is 0 Å². The van der Waals surface area contributed by atoms with Gasteiger partial charge in [0.1, 0.15) is 6.17 Å². The fourth-order valence-electron chi connectivity index (χ4n) is 2.23. The molecule has 1 aromatic carbocycles. The van der Waals surface area contributed by atoms with Crippen molar-refractivity contribution in [2.24, 2.45) is 5.73 Å². The lowest BCUT2D eigenvalue weighted by atomic mass is 10.3. The van der Waals surface area contributed by atoms with E-state index in [9.17, 15) is 4.79 Å². The summed E-state index contributed by atoms with van der Waals surface area (Å²) in [7, 11) is 1.69. The first-order valence-electron chi connectivity index (χ1n) is 6.60. The highest BCUT2D eigenvalue weighted by Crippen LogP contribution is 2.27. The smallest absolute Gasteiger partial charge is 0.327 e. The number of likely N-dealkylation sites (N-methyl/N-ethyl adjacent to an activating group) is 1. The first-order valence-corrected chi connectivity index (χ1v) is 7.00. The maximum Gasteiger partial charge on any atom is 0.327 e. The molecule has 0 spiro atoms. The molecule has 0 aromatic heterocycles. The lowest BCUT2D eigenvalue weighted by Gasteiger charge is -2.27. The molecule has 0 bridgehead atoms. The molecule has 8 heteroatoms. The third-order valence-corrected chi connectivity index (χ3v) is 3.27. The van der Waals surface area contributed by atoms with Gasteiger partial charge in [-0.1, -0.05) is 18.2 Å². The van der Waals surface area contributed by atoms with E-state index in [4.69, 9.17) is 22.7 Å². The van der Waals surface area contributed by atoms with Gasteiger partial charge in [0.05, 0.1) is 0 Å². The van der Waals surface area contributed by atoms with Crippen molar-refractivity contribution in [3.63, 3.8) is 0 Å². The molecule has 7 nitrogen and oxygen atoms in total.